The number of carboxylic acids is 1. The highest BCUT2D eigenvalue weighted by Gasteiger charge is 2.18. The summed E-state index contributed by atoms with van der Waals surface area (Å²) in [7, 11) is 0. The third-order valence-electron chi connectivity index (χ3n) is 3.21. The lowest BCUT2D eigenvalue weighted by Gasteiger charge is -2.13. The van der Waals surface area contributed by atoms with Gasteiger partial charge in [-0.05, 0) is 32.9 Å². The molecule has 8 nitrogen and oxygen atoms in total. The van der Waals surface area contributed by atoms with Crippen molar-refractivity contribution < 1.29 is 14.7 Å². The number of aromatic nitrogens is 4. The standard InChI is InChI=1S/C14H19N5O3/c1-9-4-6-18(16-9)8-10(2)15-13(20)12-5-7-19(17-12)11(3)14(21)22/h4-7,10-11H,8H2,1-3H3,(H,15,20)(H,21,22). The summed E-state index contributed by atoms with van der Waals surface area (Å²) in [5.41, 5.74) is 1.11. The van der Waals surface area contributed by atoms with Crippen LogP contribution in [0, 0.1) is 6.92 Å². The summed E-state index contributed by atoms with van der Waals surface area (Å²) in [5, 5.41) is 20.0. The van der Waals surface area contributed by atoms with Crippen molar-refractivity contribution in [3.63, 3.8) is 0 Å². The van der Waals surface area contributed by atoms with E-state index in [0.717, 1.165) is 5.69 Å². The van der Waals surface area contributed by atoms with Gasteiger partial charge in [-0.15, -0.1) is 0 Å². The number of carboxylic acid groups (broad SMARTS) is 1. The van der Waals surface area contributed by atoms with Gasteiger partial charge in [-0.2, -0.15) is 10.2 Å². The van der Waals surface area contributed by atoms with Gasteiger partial charge in [-0.1, -0.05) is 0 Å². The van der Waals surface area contributed by atoms with Crippen molar-refractivity contribution in [2.45, 2.75) is 39.4 Å². The number of nitrogens with zero attached hydrogens (tertiary/aromatic N) is 4. The molecule has 0 fully saturated rings. The van der Waals surface area contributed by atoms with Crippen molar-refractivity contribution in [2.75, 3.05) is 0 Å². The van der Waals surface area contributed by atoms with Crippen LogP contribution in [0.2, 0.25) is 0 Å². The molecule has 2 aromatic heterocycles. The number of rotatable bonds is 6. The van der Waals surface area contributed by atoms with Crippen LogP contribution in [-0.4, -0.2) is 42.6 Å². The second kappa shape index (κ2) is 6.42. The molecule has 22 heavy (non-hydrogen) atoms. The summed E-state index contributed by atoms with van der Waals surface area (Å²) in [6.45, 7) is 5.81. The zero-order valence-electron chi connectivity index (χ0n) is 12.7. The van der Waals surface area contributed by atoms with Gasteiger partial charge in [0, 0.05) is 18.4 Å². The van der Waals surface area contributed by atoms with Gasteiger partial charge in [0.2, 0.25) is 0 Å². The Bertz CT molecular complexity index is 676. The van der Waals surface area contributed by atoms with E-state index in [1.807, 2.05) is 26.1 Å². The van der Waals surface area contributed by atoms with Gasteiger partial charge in [0.05, 0.1) is 12.2 Å². The second-order valence-corrected chi connectivity index (χ2v) is 5.25. The smallest absolute Gasteiger partial charge is 0.328 e. The van der Waals surface area contributed by atoms with Crippen molar-refractivity contribution in [1.82, 2.24) is 24.9 Å². The Morgan fingerprint density at radius 2 is 2.00 bits per heavy atom. The van der Waals surface area contributed by atoms with Crippen LogP contribution in [0.25, 0.3) is 0 Å². The molecule has 0 bridgehead atoms. The van der Waals surface area contributed by atoms with E-state index in [4.69, 9.17) is 5.11 Å². The first-order valence-electron chi connectivity index (χ1n) is 6.95. The molecule has 0 aliphatic rings. The minimum atomic E-state index is -1.00. The zero-order chi connectivity index (χ0) is 16.3. The fraction of sp³-hybridized carbons (Fsp3) is 0.429. The van der Waals surface area contributed by atoms with Crippen LogP contribution in [0.15, 0.2) is 24.5 Å². The largest absolute Gasteiger partial charge is 0.480 e. The lowest BCUT2D eigenvalue weighted by Crippen LogP contribution is -2.36. The van der Waals surface area contributed by atoms with Gasteiger partial charge >= 0.3 is 5.97 Å². The number of carbonyl (C=O) groups is 2. The van der Waals surface area contributed by atoms with Crippen molar-refractivity contribution in [1.29, 1.82) is 0 Å². The molecule has 0 aliphatic heterocycles. The van der Waals surface area contributed by atoms with Gasteiger partial charge in [0.15, 0.2) is 0 Å². The summed E-state index contributed by atoms with van der Waals surface area (Å²) in [5.74, 6) is -1.34. The maximum absolute atomic E-state index is 12.1. The average molecular weight is 305 g/mol. The third kappa shape index (κ3) is 3.72. The van der Waals surface area contributed by atoms with Crippen LogP contribution >= 0.6 is 0 Å². The maximum Gasteiger partial charge on any atom is 0.328 e. The number of amides is 1. The lowest BCUT2D eigenvalue weighted by molar-refractivity contribution is -0.140. The third-order valence-corrected chi connectivity index (χ3v) is 3.21. The van der Waals surface area contributed by atoms with Crippen molar-refractivity contribution in [2.24, 2.45) is 0 Å². The second-order valence-electron chi connectivity index (χ2n) is 5.25. The summed E-state index contributed by atoms with van der Waals surface area (Å²) in [6.07, 6.45) is 3.33. The molecule has 0 aromatic carbocycles. The minimum Gasteiger partial charge on any atom is -0.480 e. The van der Waals surface area contributed by atoms with Crippen LogP contribution in [0.4, 0.5) is 0 Å². The quantitative estimate of drug-likeness (QED) is 0.824. The molecule has 2 N–H and O–H groups in total. The molecule has 2 atom stereocenters. The summed E-state index contributed by atoms with van der Waals surface area (Å²) < 4.78 is 3.00. The topological polar surface area (TPSA) is 102 Å². The van der Waals surface area contributed by atoms with E-state index in [1.165, 1.54) is 23.9 Å². The van der Waals surface area contributed by atoms with Crippen LogP contribution in [0.1, 0.15) is 36.1 Å². The Hall–Kier alpha value is -2.64. The molecule has 0 saturated heterocycles. The number of aliphatic carboxylic acids is 1. The molecule has 2 heterocycles. The number of nitrogens with one attached hydrogen (secondary N) is 1. The lowest BCUT2D eigenvalue weighted by atomic mass is 10.3. The normalized spacial score (nSPS) is 13.6. The summed E-state index contributed by atoms with van der Waals surface area (Å²) in [6, 6.07) is 2.45. The highest BCUT2D eigenvalue weighted by atomic mass is 16.4. The molecule has 118 valence electrons. The minimum absolute atomic E-state index is 0.131. The Morgan fingerprint density at radius 1 is 1.27 bits per heavy atom. The molecule has 2 aromatic rings. The van der Waals surface area contributed by atoms with Crippen molar-refractivity contribution >= 4 is 11.9 Å². The first kappa shape index (κ1) is 15.7. The molecular formula is C14H19N5O3. The molecule has 2 rings (SSSR count). The molecule has 0 aliphatic carbocycles. The summed E-state index contributed by atoms with van der Waals surface area (Å²) >= 11 is 0. The molecule has 1 amide bonds. The predicted octanol–water partition coefficient (Wildman–Crippen LogP) is 0.852. The zero-order valence-corrected chi connectivity index (χ0v) is 12.7. The Labute approximate surface area is 127 Å². The van der Waals surface area contributed by atoms with E-state index in [0.29, 0.717) is 6.54 Å². The van der Waals surface area contributed by atoms with E-state index in [-0.39, 0.29) is 17.6 Å². The molecule has 2 unspecified atom stereocenters. The monoisotopic (exact) mass is 305 g/mol. The van der Waals surface area contributed by atoms with Gasteiger partial charge < -0.3 is 10.4 Å². The number of hydrogen-bond donors (Lipinski definition) is 2. The van der Waals surface area contributed by atoms with Crippen LogP contribution in [0.5, 0.6) is 0 Å². The first-order valence-corrected chi connectivity index (χ1v) is 6.95. The number of hydrogen-bond acceptors (Lipinski definition) is 4. The van der Waals surface area contributed by atoms with Crippen LogP contribution in [0.3, 0.4) is 0 Å². The van der Waals surface area contributed by atoms with Gasteiger partial charge in [0.25, 0.3) is 5.91 Å². The fourth-order valence-corrected chi connectivity index (χ4v) is 1.98. The molecule has 0 radical (unpaired) electrons. The average Bonchev–Trinajstić information content (AvgIpc) is 3.06. The van der Waals surface area contributed by atoms with E-state index in [9.17, 15) is 9.59 Å². The van der Waals surface area contributed by atoms with Crippen LogP contribution < -0.4 is 5.32 Å². The van der Waals surface area contributed by atoms with E-state index in [2.05, 4.69) is 15.5 Å². The number of aryl methyl sites for hydroxylation is 1. The van der Waals surface area contributed by atoms with E-state index >= 15 is 0 Å². The van der Waals surface area contributed by atoms with E-state index < -0.39 is 12.0 Å². The number of carbonyl (C=O) groups excluding carboxylic acids is 1. The Balaban J connectivity index is 1.95. The van der Waals surface area contributed by atoms with Crippen molar-refractivity contribution in [3.8, 4) is 0 Å². The maximum atomic E-state index is 12.1. The SMILES string of the molecule is Cc1ccn(CC(C)NC(=O)c2ccn(C(C)C(=O)O)n2)n1. The first-order chi connectivity index (χ1) is 10.4. The van der Waals surface area contributed by atoms with Crippen LogP contribution in [-0.2, 0) is 11.3 Å². The van der Waals surface area contributed by atoms with Gasteiger partial charge in [-0.25, -0.2) is 4.79 Å². The van der Waals surface area contributed by atoms with Crippen molar-refractivity contribution in [3.05, 3.63) is 35.9 Å². The fourth-order valence-electron chi connectivity index (χ4n) is 1.98. The Morgan fingerprint density at radius 3 is 2.59 bits per heavy atom. The van der Waals surface area contributed by atoms with Gasteiger partial charge in [0.1, 0.15) is 11.7 Å². The molecule has 8 heteroatoms. The Kier molecular flexibility index (Phi) is 4.59. The molecular weight excluding hydrogens is 286 g/mol. The highest BCUT2D eigenvalue weighted by molar-refractivity contribution is 5.92. The highest BCUT2D eigenvalue weighted by Crippen LogP contribution is 2.06. The summed E-state index contributed by atoms with van der Waals surface area (Å²) in [4.78, 5) is 23.0. The molecule has 0 spiro atoms. The molecule has 0 saturated carbocycles. The predicted molar refractivity (Wildman–Crippen MR) is 78.5 cm³/mol. The van der Waals surface area contributed by atoms with Gasteiger partial charge in [-0.3, -0.25) is 14.2 Å². The van der Waals surface area contributed by atoms with E-state index in [1.54, 1.807) is 4.68 Å².